The van der Waals surface area contributed by atoms with E-state index in [2.05, 4.69) is 16.5 Å². The molecule has 108 valence electrons. The lowest BCUT2D eigenvalue weighted by Crippen LogP contribution is -2.28. The molecule has 4 nitrogen and oxygen atoms in total. The van der Waals surface area contributed by atoms with Crippen molar-refractivity contribution in [3.8, 4) is 0 Å². The molecular weight excluding hydrogens is 264 g/mol. The standard InChI is InChI=1S/C14H23ClN2O2/c1-16(11-13-9-12(15)10-17(13)2)6-8-19-14-5-3-4-7-18-14/h9-10,14H,3-8,11H2,1-2H3/t14-/m1/s1. The first-order valence-electron chi connectivity index (χ1n) is 6.87. The molecule has 0 bridgehead atoms. The molecule has 19 heavy (non-hydrogen) atoms. The van der Waals surface area contributed by atoms with Gasteiger partial charge in [0.25, 0.3) is 0 Å². The second-order valence-corrected chi connectivity index (χ2v) is 5.60. The van der Waals surface area contributed by atoms with Crippen LogP contribution in [0.25, 0.3) is 0 Å². The minimum Gasteiger partial charge on any atom is -0.353 e. The molecule has 1 aromatic heterocycles. The van der Waals surface area contributed by atoms with E-state index in [-0.39, 0.29) is 6.29 Å². The third-order valence-corrected chi connectivity index (χ3v) is 3.63. The average Bonchev–Trinajstić information content (AvgIpc) is 2.69. The van der Waals surface area contributed by atoms with E-state index in [1.165, 1.54) is 12.1 Å². The van der Waals surface area contributed by atoms with Crippen LogP contribution in [0.5, 0.6) is 0 Å². The number of nitrogens with zero attached hydrogens (tertiary/aromatic N) is 2. The number of halogens is 1. The lowest BCUT2D eigenvalue weighted by Gasteiger charge is -2.24. The van der Waals surface area contributed by atoms with Gasteiger partial charge in [0.15, 0.2) is 6.29 Å². The fraction of sp³-hybridized carbons (Fsp3) is 0.714. The maximum Gasteiger partial charge on any atom is 0.157 e. The third kappa shape index (κ3) is 4.80. The van der Waals surface area contributed by atoms with Crippen LogP contribution in [0, 0.1) is 0 Å². The molecule has 1 saturated heterocycles. The molecule has 1 aliphatic heterocycles. The maximum atomic E-state index is 5.97. The number of hydrogen-bond donors (Lipinski definition) is 0. The van der Waals surface area contributed by atoms with Crippen molar-refractivity contribution in [3.63, 3.8) is 0 Å². The monoisotopic (exact) mass is 286 g/mol. The number of hydrogen-bond acceptors (Lipinski definition) is 3. The molecule has 0 aliphatic carbocycles. The van der Waals surface area contributed by atoms with Crippen LogP contribution in [0.1, 0.15) is 25.0 Å². The fourth-order valence-electron chi connectivity index (χ4n) is 2.26. The highest BCUT2D eigenvalue weighted by Crippen LogP contribution is 2.15. The molecule has 0 saturated carbocycles. The highest BCUT2D eigenvalue weighted by molar-refractivity contribution is 6.30. The summed E-state index contributed by atoms with van der Waals surface area (Å²) in [5.41, 5.74) is 1.21. The summed E-state index contributed by atoms with van der Waals surface area (Å²) >= 11 is 5.97. The van der Waals surface area contributed by atoms with Gasteiger partial charge in [-0.15, -0.1) is 0 Å². The van der Waals surface area contributed by atoms with Crippen molar-refractivity contribution in [2.75, 3.05) is 26.8 Å². The summed E-state index contributed by atoms with van der Waals surface area (Å²) in [4.78, 5) is 2.23. The van der Waals surface area contributed by atoms with E-state index in [1.807, 2.05) is 19.3 Å². The Kier molecular flexibility index (Phi) is 5.70. The van der Waals surface area contributed by atoms with E-state index in [9.17, 15) is 0 Å². The van der Waals surface area contributed by atoms with Gasteiger partial charge in [0.2, 0.25) is 0 Å². The predicted octanol–water partition coefficient (Wildman–Crippen LogP) is 2.65. The summed E-state index contributed by atoms with van der Waals surface area (Å²) in [6.45, 7) is 3.31. The normalized spacial score (nSPS) is 20.1. The van der Waals surface area contributed by atoms with Gasteiger partial charge >= 0.3 is 0 Å². The predicted molar refractivity (Wildman–Crippen MR) is 76.3 cm³/mol. The van der Waals surface area contributed by atoms with E-state index < -0.39 is 0 Å². The van der Waals surface area contributed by atoms with Crippen molar-refractivity contribution in [2.45, 2.75) is 32.1 Å². The molecule has 0 amide bonds. The Balaban J connectivity index is 1.66. The van der Waals surface area contributed by atoms with Gasteiger partial charge in [-0.25, -0.2) is 0 Å². The van der Waals surface area contributed by atoms with Crippen LogP contribution in [0.2, 0.25) is 5.02 Å². The van der Waals surface area contributed by atoms with Gasteiger partial charge in [0.05, 0.1) is 11.6 Å². The van der Waals surface area contributed by atoms with Gasteiger partial charge in [0, 0.05) is 38.6 Å². The highest BCUT2D eigenvalue weighted by atomic mass is 35.5. The molecule has 0 aromatic carbocycles. The minimum atomic E-state index is 0.00614. The first-order valence-corrected chi connectivity index (χ1v) is 7.25. The van der Waals surface area contributed by atoms with Crippen LogP contribution in [0.3, 0.4) is 0 Å². The fourth-order valence-corrected chi connectivity index (χ4v) is 2.53. The Morgan fingerprint density at radius 2 is 2.37 bits per heavy atom. The van der Waals surface area contributed by atoms with Crippen LogP contribution in [-0.4, -0.2) is 42.6 Å². The number of likely N-dealkylation sites (N-methyl/N-ethyl adjacent to an activating group) is 1. The highest BCUT2D eigenvalue weighted by Gasteiger charge is 2.14. The van der Waals surface area contributed by atoms with Crippen molar-refractivity contribution in [1.82, 2.24) is 9.47 Å². The largest absolute Gasteiger partial charge is 0.353 e. The van der Waals surface area contributed by atoms with E-state index in [1.54, 1.807) is 0 Å². The smallest absolute Gasteiger partial charge is 0.157 e. The molecule has 1 aromatic rings. The molecule has 5 heteroatoms. The van der Waals surface area contributed by atoms with Gasteiger partial charge in [-0.2, -0.15) is 0 Å². The van der Waals surface area contributed by atoms with Crippen molar-refractivity contribution in [1.29, 1.82) is 0 Å². The summed E-state index contributed by atoms with van der Waals surface area (Å²) in [5.74, 6) is 0. The van der Waals surface area contributed by atoms with Crippen molar-refractivity contribution in [2.24, 2.45) is 7.05 Å². The molecule has 0 unspecified atom stereocenters. The van der Waals surface area contributed by atoms with Gasteiger partial charge in [-0.3, -0.25) is 4.90 Å². The van der Waals surface area contributed by atoms with Crippen molar-refractivity contribution < 1.29 is 9.47 Å². The van der Waals surface area contributed by atoms with Crippen LogP contribution in [0.4, 0.5) is 0 Å². The Morgan fingerprint density at radius 3 is 3.00 bits per heavy atom. The third-order valence-electron chi connectivity index (χ3n) is 3.42. The van der Waals surface area contributed by atoms with Gasteiger partial charge in [-0.1, -0.05) is 11.6 Å². The average molecular weight is 287 g/mol. The van der Waals surface area contributed by atoms with Gasteiger partial charge < -0.3 is 14.0 Å². The molecular formula is C14H23ClN2O2. The van der Waals surface area contributed by atoms with Crippen LogP contribution >= 0.6 is 11.6 Å². The zero-order valence-electron chi connectivity index (χ0n) is 11.8. The number of rotatable bonds is 6. The van der Waals surface area contributed by atoms with Crippen LogP contribution in [-0.2, 0) is 23.1 Å². The van der Waals surface area contributed by atoms with Gasteiger partial charge in [0.1, 0.15) is 0 Å². The molecule has 2 rings (SSSR count). The lowest BCUT2D eigenvalue weighted by molar-refractivity contribution is -0.163. The first kappa shape index (κ1) is 14.9. The summed E-state index contributed by atoms with van der Waals surface area (Å²) in [6.07, 6.45) is 5.33. The quantitative estimate of drug-likeness (QED) is 0.804. The number of aryl methyl sites for hydroxylation is 1. The Morgan fingerprint density at radius 1 is 1.53 bits per heavy atom. The summed E-state index contributed by atoms with van der Waals surface area (Å²) in [5, 5.41) is 0.790. The summed E-state index contributed by atoms with van der Waals surface area (Å²) < 4.78 is 13.3. The minimum absolute atomic E-state index is 0.00614. The molecule has 1 atom stereocenters. The van der Waals surface area contributed by atoms with E-state index in [0.717, 1.165) is 37.6 Å². The number of ether oxygens (including phenoxy) is 2. The molecule has 0 spiro atoms. The lowest BCUT2D eigenvalue weighted by atomic mass is 10.2. The van der Waals surface area contributed by atoms with Crippen LogP contribution in [0.15, 0.2) is 12.3 Å². The second-order valence-electron chi connectivity index (χ2n) is 5.17. The number of aromatic nitrogens is 1. The van der Waals surface area contributed by atoms with Gasteiger partial charge in [-0.05, 0) is 32.4 Å². The van der Waals surface area contributed by atoms with Crippen molar-refractivity contribution >= 4 is 11.6 Å². The maximum absolute atomic E-state index is 5.97. The summed E-state index contributed by atoms with van der Waals surface area (Å²) in [6, 6.07) is 2.00. The van der Waals surface area contributed by atoms with E-state index >= 15 is 0 Å². The first-order chi connectivity index (χ1) is 9.15. The van der Waals surface area contributed by atoms with E-state index in [0.29, 0.717) is 6.61 Å². The van der Waals surface area contributed by atoms with Crippen LogP contribution < -0.4 is 0 Å². The Labute approximate surface area is 120 Å². The van der Waals surface area contributed by atoms with Crippen molar-refractivity contribution in [3.05, 3.63) is 23.0 Å². The Hall–Kier alpha value is -0.550. The molecule has 2 heterocycles. The Bertz CT molecular complexity index is 389. The molecule has 0 N–H and O–H groups in total. The zero-order chi connectivity index (χ0) is 13.7. The zero-order valence-corrected chi connectivity index (χ0v) is 12.5. The second kappa shape index (κ2) is 7.29. The SMILES string of the molecule is CN(CCO[C@@H]1CCCCO1)Cc1cc(Cl)cn1C. The molecule has 1 aliphatic rings. The summed E-state index contributed by atoms with van der Waals surface area (Å²) in [7, 11) is 4.10. The molecule has 0 radical (unpaired) electrons. The van der Waals surface area contributed by atoms with E-state index in [4.69, 9.17) is 21.1 Å². The molecule has 1 fully saturated rings. The topological polar surface area (TPSA) is 26.6 Å².